The third-order valence-corrected chi connectivity index (χ3v) is 5.99. The largest absolute Gasteiger partial charge is 0.507 e. The SMILES string of the molecule is N#Cc1c(-c2ccccc2)c(C(=O)c2ccc3ccccc3c2O)nn(-c2ccc(Cl)cc2)c1=N. The van der Waals surface area contributed by atoms with Gasteiger partial charge >= 0.3 is 0 Å². The number of nitriles is 1. The van der Waals surface area contributed by atoms with E-state index >= 15 is 0 Å². The molecule has 0 atom stereocenters. The van der Waals surface area contributed by atoms with Crippen LogP contribution in [0.2, 0.25) is 5.02 Å². The minimum atomic E-state index is -0.564. The number of ketones is 1. The number of aromatic hydroxyl groups is 1. The summed E-state index contributed by atoms with van der Waals surface area (Å²) in [6.07, 6.45) is 0. The molecule has 4 aromatic carbocycles. The number of nitrogens with one attached hydrogen (secondary N) is 1. The zero-order valence-corrected chi connectivity index (χ0v) is 19.0. The Bertz CT molecular complexity index is 1700. The summed E-state index contributed by atoms with van der Waals surface area (Å²) in [5, 5.41) is 36.1. The first-order valence-corrected chi connectivity index (χ1v) is 11.1. The van der Waals surface area contributed by atoms with Crippen molar-refractivity contribution in [2.75, 3.05) is 0 Å². The Morgan fingerprint density at radius 1 is 0.943 bits per heavy atom. The van der Waals surface area contributed by atoms with Crippen molar-refractivity contribution in [3.05, 3.63) is 118 Å². The van der Waals surface area contributed by atoms with Gasteiger partial charge in [0.25, 0.3) is 0 Å². The zero-order valence-electron chi connectivity index (χ0n) is 18.2. The molecule has 0 aliphatic carbocycles. The van der Waals surface area contributed by atoms with E-state index < -0.39 is 5.78 Å². The second-order valence-electron chi connectivity index (χ2n) is 7.83. The number of fused-ring (bicyclic) bond motifs is 1. The Hall–Kier alpha value is -4.73. The van der Waals surface area contributed by atoms with Gasteiger partial charge in [0.05, 0.1) is 11.3 Å². The lowest BCUT2D eigenvalue weighted by Gasteiger charge is -2.16. The van der Waals surface area contributed by atoms with Crippen LogP contribution in [0.15, 0.2) is 91.0 Å². The first kappa shape index (κ1) is 22.1. The third kappa shape index (κ3) is 3.84. The quantitative estimate of drug-likeness (QED) is 0.328. The Balaban J connectivity index is 1.83. The topological polar surface area (TPSA) is 103 Å². The highest BCUT2D eigenvalue weighted by Crippen LogP contribution is 2.33. The van der Waals surface area contributed by atoms with Gasteiger partial charge in [0.2, 0.25) is 5.78 Å². The maximum Gasteiger partial charge on any atom is 0.217 e. The van der Waals surface area contributed by atoms with Crippen LogP contribution in [0.5, 0.6) is 5.75 Å². The first-order chi connectivity index (χ1) is 17.0. The number of hydrogen-bond acceptors (Lipinski definition) is 5. The number of hydrogen-bond donors (Lipinski definition) is 2. The van der Waals surface area contributed by atoms with E-state index in [4.69, 9.17) is 17.0 Å². The van der Waals surface area contributed by atoms with Crippen LogP contribution in [0, 0.1) is 16.7 Å². The molecule has 0 spiro atoms. The second-order valence-corrected chi connectivity index (χ2v) is 8.26. The molecule has 5 aromatic rings. The molecule has 0 saturated carbocycles. The highest BCUT2D eigenvalue weighted by Gasteiger charge is 2.26. The van der Waals surface area contributed by atoms with Gasteiger partial charge in [0.15, 0.2) is 5.49 Å². The van der Waals surface area contributed by atoms with E-state index in [1.807, 2.05) is 18.2 Å². The van der Waals surface area contributed by atoms with Gasteiger partial charge in [0.1, 0.15) is 23.1 Å². The molecule has 6 nitrogen and oxygen atoms in total. The summed E-state index contributed by atoms with van der Waals surface area (Å²) in [7, 11) is 0. The van der Waals surface area contributed by atoms with E-state index in [0.29, 0.717) is 21.7 Å². The van der Waals surface area contributed by atoms with Crippen molar-refractivity contribution in [3.63, 3.8) is 0 Å². The van der Waals surface area contributed by atoms with Crippen molar-refractivity contribution in [1.29, 1.82) is 10.7 Å². The van der Waals surface area contributed by atoms with Crippen LogP contribution in [-0.4, -0.2) is 20.7 Å². The number of phenols is 1. The number of carbonyl (C=O) groups is 1. The number of carbonyl (C=O) groups excluding carboxylic acids is 1. The van der Waals surface area contributed by atoms with Crippen molar-refractivity contribution < 1.29 is 9.90 Å². The second kappa shape index (κ2) is 8.90. The Morgan fingerprint density at radius 3 is 2.34 bits per heavy atom. The number of halogens is 1. The van der Waals surface area contributed by atoms with E-state index in [-0.39, 0.29) is 33.6 Å². The minimum absolute atomic E-state index is 0.00946. The minimum Gasteiger partial charge on any atom is -0.507 e. The highest BCUT2D eigenvalue weighted by molar-refractivity contribution is 6.30. The molecule has 1 aromatic heterocycles. The van der Waals surface area contributed by atoms with Gasteiger partial charge in [-0.2, -0.15) is 10.4 Å². The molecule has 0 radical (unpaired) electrons. The van der Waals surface area contributed by atoms with Crippen LogP contribution in [0.25, 0.3) is 27.6 Å². The molecule has 168 valence electrons. The Labute approximate surface area is 205 Å². The highest BCUT2D eigenvalue weighted by atomic mass is 35.5. The predicted octanol–water partition coefficient (Wildman–Crippen LogP) is 5.63. The fourth-order valence-electron chi connectivity index (χ4n) is 4.03. The molecule has 0 saturated heterocycles. The van der Waals surface area contributed by atoms with Gasteiger partial charge in [-0.15, -0.1) is 0 Å². The standard InChI is InChI=1S/C28H17ClN4O2/c29-19-11-13-20(14-12-19)33-28(31)23(16-30)24(18-7-2-1-3-8-18)25(32-33)27(35)22-15-10-17-6-4-5-9-21(17)26(22)34/h1-15,31,34H. The molecule has 0 aliphatic rings. The van der Waals surface area contributed by atoms with E-state index in [0.717, 1.165) is 5.39 Å². The molecule has 0 unspecified atom stereocenters. The molecule has 7 heteroatoms. The van der Waals surface area contributed by atoms with Crippen LogP contribution in [-0.2, 0) is 0 Å². The number of rotatable bonds is 4. The maximum atomic E-state index is 13.9. The number of benzene rings is 4. The van der Waals surface area contributed by atoms with Crippen LogP contribution in [0.1, 0.15) is 21.6 Å². The molecule has 1 heterocycles. The van der Waals surface area contributed by atoms with Gasteiger partial charge < -0.3 is 5.11 Å². The normalized spacial score (nSPS) is 10.7. The molecule has 0 amide bonds. The fourth-order valence-corrected chi connectivity index (χ4v) is 4.16. The smallest absolute Gasteiger partial charge is 0.217 e. The van der Waals surface area contributed by atoms with Crippen LogP contribution < -0.4 is 5.49 Å². The van der Waals surface area contributed by atoms with Crippen molar-refractivity contribution in [1.82, 2.24) is 9.78 Å². The molecule has 0 aliphatic heterocycles. The lowest BCUT2D eigenvalue weighted by atomic mass is 9.94. The van der Waals surface area contributed by atoms with Gasteiger partial charge in [0, 0.05) is 16.0 Å². The van der Waals surface area contributed by atoms with Gasteiger partial charge in [-0.05, 0) is 41.3 Å². The van der Waals surface area contributed by atoms with Gasteiger partial charge in [-0.1, -0.05) is 72.3 Å². The van der Waals surface area contributed by atoms with Crippen LogP contribution in [0.4, 0.5) is 0 Å². The molecule has 35 heavy (non-hydrogen) atoms. The first-order valence-electron chi connectivity index (χ1n) is 10.7. The number of aromatic nitrogens is 2. The summed E-state index contributed by atoms with van der Waals surface area (Å²) in [5.74, 6) is -0.730. The molecule has 2 N–H and O–H groups in total. The molecular weight excluding hydrogens is 460 g/mol. The summed E-state index contributed by atoms with van der Waals surface area (Å²) in [6, 6.07) is 28.0. The Kier molecular flexibility index (Phi) is 5.61. The summed E-state index contributed by atoms with van der Waals surface area (Å²) in [4.78, 5) is 13.9. The summed E-state index contributed by atoms with van der Waals surface area (Å²) in [5.41, 5.74) is 1.09. The van der Waals surface area contributed by atoms with E-state index in [1.165, 1.54) is 4.68 Å². The van der Waals surface area contributed by atoms with Crippen LogP contribution in [0.3, 0.4) is 0 Å². The lowest BCUT2D eigenvalue weighted by Crippen LogP contribution is -2.28. The average molecular weight is 477 g/mol. The summed E-state index contributed by atoms with van der Waals surface area (Å²) in [6.45, 7) is 0. The van der Waals surface area contributed by atoms with Crippen molar-refractivity contribution in [2.24, 2.45) is 0 Å². The van der Waals surface area contributed by atoms with E-state index in [9.17, 15) is 15.2 Å². The lowest BCUT2D eigenvalue weighted by molar-refractivity contribution is 0.103. The Morgan fingerprint density at radius 2 is 1.63 bits per heavy atom. The monoisotopic (exact) mass is 476 g/mol. The maximum absolute atomic E-state index is 13.9. The van der Waals surface area contributed by atoms with E-state index in [2.05, 4.69) is 11.2 Å². The van der Waals surface area contributed by atoms with Crippen molar-refractivity contribution >= 4 is 28.2 Å². The average Bonchev–Trinajstić information content (AvgIpc) is 2.89. The van der Waals surface area contributed by atoms with Crippen molar-refractivity contribution in [2.45, 2.75) is 0 Å². The third-order valence-electron chi connectivity index (χ3n) is 5.74. The van der Waals surface area contributed by atoms with Gasteiger partial charge in [-0.3, -0.25) is 10.2 Å². The predicted molar refractivity (Wildman–Crippen MR) is 134 cm³/mol. The van der Waals surface area contributed by atoms with Crippen molar-refractivity contribution in [3.8, 4) is 28.6 Å². The number of phenolic OH excluding ortho intramolecular Hbond substituents is 1. The molecule has 5 rings (SSSR count). The molecule has 0 fully saturated rings. The summed E-state index contributed by atoms with van der Waals surface area (Å²) >= 11 is 6.02. The number of nitrogens with zero attached hydrogens (tertiary/aromatic N) is 3. The molecule has 0 bridgehead atoms. The fraction of sp³-hybridized carbons (Fsp3) is 0. The van der Waals surface area contributed by atoms with Crippen LogP contribution >= 0.6 is 11.6 Å². The van der Waals surface area contributed by atoms with E-state index in [1.54, 1.807) is 72.8 Å². The summed E-state index contributed by atoms with van der Waals surface area (Å²) < 4.78 is 1.23. The molecular formula is C28H17ClN4O2. The zero-order chi connectivity index (χ0) is 24.5. The van der Waals surface area contributed by atoms with Gasteiger partial charge in [-0.25, -0.2) is 4.68 Å².